The van der Waals surface area contributed by atoms with Gasteiger partial charge in [-0.2, -0.15) is 0 Å². The molecule has 0 spiro atoms. The highest BCUT2D eigenvalue weighted by molar-refractivity contribution is 5.91. The van der Waals surface area contributed by atoms with Crippen LogP contribution in [0.15, 0.2) is 60.7 Å². The van der Waals surface area contributed by atoms with Crippen molar-refractivity contribution in [3.05, 3.63) is 88.5 Å². The smallest absolute Gasteiger partial charge is 0.243 e. The Hall–Kier alpha value is -4.00. The van der Waals surface area contributed by atoms with Crippen molar-refractivity contribution in [3.63, 3.8) is 0 Å². The van der Waals surface area contributed by atoms with Gasteiger partial charge >= 0.3 is 0 Å². The Kier molecular flexibility index (Phi) is 11.0. The lowest BCUT2D eigenvalue weighted by Gasteiger charge is -2.39. The molecule has 45 heavy (non-hydrogen) atoms. The number of ether oxygens (including phenoxy) is 4. The number of rotatable bonds is 12. The van der Waals surface area contributed by atoms with Crippen LogP contribution >= 0.6 is 0 Å². The van der Waals surface area contributed by atoms with E-state index in [0.29, 0.717) is 25.1 Å². The van der Waals surface area contributed by atoms with E-state index in [-0.39, 0.29) is 37.6 Å². The van der Waals surface area contributed by atoms with E-state index in [1.165, 1.54) is 11.1 Å². The molecule has 11 nitrogen and oxygen atoms in total. The quantitative estimate of drug-likeness (QED) is 0.172. The average Bonchev–Trinajstić information content (AvgIpc) is 3.07. The lowest BCUT2D eigenvalue weighted by molar-refractivity contribution is -0.253. The number of aliphatic hydroxyl groups is 1. The first-order valence-electron chi connectivity index (χ1n) is 15.2. The minimum absolute atomic E-state index is 0.0274. The highest BCUT2D eigenvalue weighted by Gasteiger charge is 2.34. The molecular weight excluding hydrogens is 578 g/mol. The van der Waals surface area contributed by atoms with Gasteiger partial charge in [-0.1, -0.05) is 36.4 Å². The number of fused-ring (bicyclic) bond motifs is 1. The summed E-state index contributed by atoms with van der Waals surface area (Å²) in [5.74, 6) is 0.695. The predicted octanol–water partition coefficient (Wildman–Crippen LogP) is 4.41. The van der Waals surface area contributed by atoms with Crippen LogP contribution in [0.4, 0.5) is 5.69 Å². The van der Waals surface area contributed by atoms with Gasteiger partial charge in [0.1, 0.15) is 0 Å². The average molecular weight is 620 g/mol. The molecule has 2 heterocycles. The monoisotopic (exact) mass is 619 g/mol. The molecule has 0 unspecified atom stereocenters. The molecule has 1 fully saturated rings. The standard InChI is InChI=1S/C34H41N3O8/c1-42-30-16-24-13-14-37(19-26(24)17-31(30)43-2)20-28-18-29(23-11-9-22(21-38)10-12-23)45-34(44-28)25-5-3-6-27(15-25)35-32(39)7-4-8-33(40)36-41/h3,5-6,9-12,15-17,28-29,34,38,41H,4,7-8,13-14,18-21H2,1-2H3,(H,35,39)(H,36,40)/t28-,29+,34+/m1/s1. The minimum Gasteiger partial charge on any atom is -0.493 e. The van der Waals surface area contributed by atoms with Gasteiger partial charge < -0.3 is 29.4 Å². The molecule has 11 heteroatoms. The van der Waals surface area contributed by atoms with Gasteiger partial charge in [-0.3, -0.25) is 19.7 Å². The first kappa shape index (κ1) is 32.4. The molecule has 2 aliphatic heterocycles. The molecule has 0 radical (unpaired) electrons. The number of hydroxylamine groups is 1. The SMILES string of the molecule is COc1cc2c(cc1OC)CN(C[C@H]1C[C@@H](c3ccc(CO)cc3)O[C@@H](c3cccc(NC(=O)CCCC(=O)NO)c3)O1)CC2. The number of hydrogen-bond acceptors (Lipinski definition) is 9. The van der Waals surface area contributed by atoms with E-state index in [1.54, 1.807) is 25.8 Å². The number of nitrogens with one attached hydrogen (secondary N) is 2. The van der Waals surface area contributed by atoms with Gasteiger partial charge in [0.05, 0.1) is 33.0 Å². The Bertz CT molecular complexity index is 1460. The fraction of sp³-hybridized carbons (Fsp3) is 0.412. The topological polar surface area (TPSA) is 139 Å². The second-order valence-electron chi connectivity index (χ2n) is 11.4. The van der Waals surface area contributed by atoms with Crippen LogP contribution in [-0.4, -0.2) is 60.4 Å². The zero-order valence-corrected chi connectivity index (χ0v) is 25.7. The van der Waals surface area contributed by atoms with Crippen molar-refractivity contribution in [3.8, 4) is 11.5 Å². The molecule has 1 saturated heterocycles. The maximum Gasteiger partial charge on any atom is 0.243 e. The first-order chi connectivity index (χ1) is 21.9. The van der Waals surface area contributed by atoms with Gasteiger partial charge in [0, 0.05) is 50.1 Å². The Morgan fingerprint density at radius 2 is 1.67 bits per heavy atom. The van der Waals surface area contributed by atoms with Crippen LogP contribution in [0.3, 0.4) is 0 Å². The maximum atomic E-state index is 12.5. The van der Waals surface area contributed by atoms with Crippen LogP contribution in [-0.2, 0) is 38.6 Å². The third kappa shape index (κ3) is 8.38. The number of nitrogens with zero attached hydrogens (tertiary/aromatic N) is 1. The minimum atomic E-state index is -0.669. The second kappa shape index (κ2) is 15.3. The van der Waals surface area contributed by atoms with Gasteiger partial charge in [-0.15, -0.1) is 0 Å². The summed E-state index contributed by atoms with van der Waals surface area (Å²) in [5.41, 5.74) is 7.24. The van der Waals surface area contributed by atoms with Crippen molar-refractivity contribution >= 4 is 17.5 Å². The van der Waals surface area contributed by atoms with Gasteiger partial charge in [-0.05, 0) is 59.4 Å². The van der Waals surface area contributed by atoms with E-state index < -0.39 is 12.2 Å². The Labute approximate surface area is 263 Å². The molecule has 5 rings (SSSR count). The number of hydrogen-bond donors (Lipinski definition) is 4. The van der Waals surface area contributed by atoms with Crippen LogP contribution in [0.1, 0.15) is 65.9 Å². The predicted molar refractivity (Wildman–Crippen MR) is 166 cm³/mol. The van der Waals surface area contributed by atoms with Crippen LogP contribution in [0.25, 0.3) is 0 Å². The molecule has 2 aliphatic rings. The normalized spacial score (nSPS) is 19.8. The van der Waals surface area contributed by atoms with Crippen LogP contribution in [0.5, 0.6) is 11.5 Å². The van der Waals surface area contributed by atoms with Crippen molar-refractivity contribution in [2.45, 2.75) is 63.8 Å². The summed E-state index contributed by atoms with van der Waals surface area (Å²) in [6, 6.07) is 19.3. The molecule has 2 amide bonds. The molecule has 240 valence electrons. The summed E-state index contributed by atoms with van der Waals surface area (Å²) in [7, 11) is 3.30. The molecule has 3 aromatic carbocycles. The van der Waals surface area contributed by atoms with Crippen molar-refractivity contribution in [1.29, 1.82) is 0 Å². The summed E-state index contributed by atoms with van der Waals surface area (Å²) in [5, 5.41) is 21.1. The van der Waals surface area contributed by atoms with Crippen LogP contribution in [0, 0.1) is 0 Å². The molecule has 0 aromatic heterocycles. The zero-order chi connectivity index (χ0) is 31.8. The van der Waals surface area contributed by atoms with Gasteiger partial charge in [0.25, 0.3) is 0 Å². The molecule has 0 aliphatic carbocycles. The number of amides is 2. The van der Waals surface area contributed by atoms with E-state index in [4.69, 9.17) is 24.2 Å². The van der Waals surface area contributed by atoms with E-state index in [0.717, 1.165) is 47.7 Å². The maximum absolute atomic E-state index is 12.5. The van der Waals surface area contributed by atoms with Gasteiger partial charge in [0.2, 0.25) is 11.8 Å². The zero-order valence-electron chi connectivity index (χ0n) is 25.7. The molecule has 4 N–H and O–H groups in total. The third-order valence-electron chi connectivity index (χ3n) is 8.25. The summed E-state index contributed by atoms with van der Waals surface area (Å²) < 4.78 is 24.1. The Balaban J connectivity index is 1.31. The number of anilines is 1. The molecule has 0 saturated carbocycles. The van der Waals surface area contributed by atoms with Crippen molar-refractivity contribution in [2.75, 3.05) is 32.6 Å². The lowest BCUT2D eigenvalue weighted by atomic mass is 9.97. The fourth-order valence-corrected chi connectivity index (χ4v) is 5.87. The molecule has 3 atom stereocenters. The van der Waals surface area contributed by atoms with E-state index in [9.17, 15) is 14.7 Å². The summed E-state index contributed by atoms with van der Waals surface area (Å²) in [6.45, 7) is 2.32. The number of methoxy groups -OCH3 is 2. The molecule has 0 bridgehead atoms. The summed E-state index contributed by atoms with van der Waals surface area (Å²) >= 11 is 0. The highest BCUT2D eigenvalue weighted by Crippen LogP contribution is 2.39. The van der Waals surface area contributed by atoms with Crippen LogP contribution < -0.4 is 20.3 Å². The van der Waals surface area contributed by atoms with E-state index in [1.807, 2.05) is 42.5 Å². The summed E-state index contributed by atoms with van der Waals surface area (Å²) in [6.07, 6.45) is 1.01. The molecular formula is C34H41N3O8. The van der Waals surface area contributed by atoms with E-state index >= 15 is 0 Å². The van der Waals surface area contributed by atoms with Crippen molar-refractivity contribution < 1.29 is 38.9 Å². The van der Waals surface area contributed by atoms with E-state index in [2.05, 4.69) is 22.3 Å². The van der Waals surface area contributed by atoms with Crippen molar-refractivity contribution in [1.82, 2.24) is 10.4 Å². The van der Waals surface area contributed by atoms with Crippen LogP contribution in [0.2, 0.25) is 0 Å². The largest absolute Gasteiger partial charge is 0.493 e. The Morgan fingerprint density at radius 1 is 0.933 bits per heavy atom. The first-order valence-corrected chi connectivity index (χ1v) is 15.2. The number of carbonyl (C=O) groups excluding carboxylic acids is 2. The number of carbonyl (C=O) groups is 2. The van der Waals surface area contributed by atoms with Crippen molar-refractivity contribution in [2.24, 2.45) is 0 Å². The summed E-state index contributed by atoms with van der Waals surface area (Å²) in [4.78, 5) is 26.1. The van der Waals surface area contributed by atoms with Gasteiger partial charge in [-0.25, -0.2) is 5.48 Å². The Morgan fingerprint density at radius 3 is 2.38 bits per heavy atom. The lowest BCUT2D eigenvalue weighted by Crippen LogP contribution is -2.41. The number of aliphatic hydroxyl groups excluding tert-OH is 1. The fourth-order valence-electron chi connectivity index (χ4n) is 5.87. The molecule has 3 aromatic rings. The third-order valence-corrected chi connectivity index (χ3v) is 8.25. The van der Waals surface area contributed by atoms with Gasteiger partial charge in [0.15, 0.2) is 17.8 Å². The second-order valence-corrected chi connectivity index (χ2v) is 11.4. The number of benzene rings is 3. The highest BCUT2D eigenvalue weighted by atomic mass is 16.7.